The molecule has 150 valence electrons. The van der Waals surface area contributed by atoms with Crippen LogP contribution >= 0.6 is 0 Å². The molecule has 1 aromatic heterocycles. The Kier molecular flexibility index (Phi) is 5.40. The van der Waals surface area contributed by atoms with Gasteiger partial charge in [-0.1, -0.05) is 18.2 Å². The van der Waals surface area contributed by atoms with E-state index in [4.69, 9.17) is 0 Å². The summed E-state index contributed by atoms with van der Waals surface area (Å²) in [5.74, 6) is -0.753. The summed E-state index contributed by atoms with van der Waals surface area (Å²) in [6, 6.07) is 12.7. The number of carbonyl (C=O) groups excluding carboxylic acids is 2. The smallest absolute Gasteiger partial charge is 0.326 e. The number of halogens is 3. The SMILES string of the molecule is CC(=O)Nc1cccc(C(=O)Nc2cc(C)nn2-c2ccccc2C(F)(F)F)c1. The van der Waals surface area contributed by atoms with Gasteiger partial charge in [0, 0.05) is 24.2 Å². The number of rotatable bonds is 4. The molecule has 0 bridgehead atoms. The van der Waals surface area contributed by atoms with Crippen LogP contribution in [0.1, 0.15) is 28.5 Å². The minimum atomic E-state index is -4.58. The maximum absolute atomic E-state index is 13.4. The quantitative estimate of drug-likeness (QED) is 0.679. The van der Waals surface area contributed by atoms with E-state index in [0.717, 1.165) is 10.7 Å². The largest absolute Gasteiger partial charge is 0.418 e. The van der Waals surface area contributed by atoms with Crippen LogP contribution in [0, 0.1) is 6.92 Å². The van der Waals surface area contributed by atoms with Gasteiger partial charge in [0.05, 0.1) is 16.9 Å². The number of para-hydroxylation sites is 1. The van der Waals surface area contributed by atoms with E-state index in [2.05, 4.69) is 15.7 Å². The van der Waals surface area contributed by atoms with Crippen LogP contribution in [0.25, 0.3) is 5.69 Å². The summed E-state index contributed by atoms with van der Waals surface area (Å²) in [6.45, 7) is 2.95. The third-order valence-corrected chi connectivity index (χ3v) is 3.96. The van der Waals surface area contributed by atoms with E-state index in [9.17, 15) is 22.8 Å². The number of hydrogen-bond donors (Lipinski definition) is 2. The molecule has 29 heavy (non-hydrogen) atoms. The van der Waals surface area contributed by atoms with Crippen molar-refractivity contribution in [3.05, 3.63) is 71.4 Å². The van der Waals surface area contributed by atoms with Gasteiger partial charge < -0.3 is 10.6 Å². The van der Waals surface area contributed by atoms with Crippen LogP contribution in [0.3, 0.4) is 0 Å². The van der Waals surface area contributed by atoms with Crippen LogP contribution in [-0.2, 0) is 11.0 Å². The summed E-state index contributed by atoms with van der Waals surface area (Å²) < 4.78 is 41.2. The van der Waals surface area contributed by atoms with Gasteiger partial charge in [-0.15, -0.1) is 0 Å². The highest BCUT2D eigenvalue weighted by atomic mass is 19.4. The maximum atomic E-state index is 13.4. The topological polar surface area (TPSA) is 76.0 Å². The zero-order chi connectivity index (χ0) is 21.2. The molecule has 2 N–H and O–H groups in total. The second-order valence-corrected chi connectivity index (χ2v) is 6.31. The average molecular weight is 402 g/mol. The molecule has 0 saturated heterocycles. The first-order chi connectivity index (χ1) is 13.6. The van der Waals surface area contributed by atoms with E-state index in [0.29, 0.717) is 11.4 Å². The van der Waals surface area contributed by atoms with Gasteiger partial charge in [0.2, 0.25) is 5.91 Å². The number of benzene rings is 2. The number of anilines is 2. The molecule has 0 atom stereocenters. The number of aryl methyl sites for hydroxylation is 1. The summed E-state index contributed by atoms with van der Waals surface area (Å²) in [4.78, 5) is 23.8. The molecule has 1 heterocycles. The predicted molar refractivity (Wildman–Crippen MR) is 102 cm³/mol. The van der Waals surface area contributed by atoms with Crippen molar-refractivity contribution in [2.75, 3.05) is 10.6 Å². The summed E-state index contributed by atoms with van der Waals surface area (Å²) in [5, 5.41) is 9.26. The molecule has 0 aliphatic heterocycles. The Morgan fingerprint density at radius 2 is 1.72 bits per heavy atom. The molecule has 0 fully saturated rings. The molecule has 0 aliphatic carbocycles. The molecule has 2 amide bonds. The predicted octanol–water partition coefficient (Wildman–Crippen LogP) is 4.41. The fraction of sp³-hybridized carbons (Fsp3) is 0.150. The zero-order valence-corrected chi connectivity index (χ0v) is 15.5. The number of nitrogens with one attached hydrogen (secondary N) is 2. The third-order valence-electron chi connectivity index (χ3n) is 3.96. The molecular formula is C20H17F3N4O2. The highest BCUT2D eigenvalue weighted by Gasteiger charge is 2.34. The lowest BCUT2D eigenvalue weighted by atomic mass is 10.1. The number of nitrogens with zero attached hydrogens (tertiary/aromatic N) is 2. The first-order valence-corrected chi connectivity index (χ1v) is 8.57. The Labute approximate surface area is 164 Å². The normalized spacial score (nSPS) is 11.2. The van der Waals surface area contributed by atoms with Gasteiger partial charge in [-0.3, -0.25) is 9.59 Å². The molecule has 0 aliphatic rings. The number of carbonyl (C=O) groups is 2. The van der Waals surface area contributed by atoms with Crippen LogP contribution in [0.15, 0.2) is 54.6 Å². The highest BCUT2D eigenvalue weighted by molar-refractivity contribution is 6.05. The number of alkyl halides is 3. The number of amides is 2. The lowest BCUT2D eigenvalue weighted by Crippen LogP contribution is -2.17. The van der Waals surface area contributed by atoms with Crippen molar-refractivity contribution in [3.63, 3.8) is 0 Å². The Morgan fingerprint density at radius 1 is 1.00 bits per heavy atom. The van der Waals surface area contributed by atoms with Crippen molar-refractivity contribution in [1.82, 2.24) is 9.78 Å². The monoisotopic (exact) mass is 402 g/mol. The highest BCUT2D eigenvalue weighted by Crippen LogP contribution is 2.34. The van der Waals surface area contributed by atoms with Crippen molar-refractivity contribution in [1.29, 1.82) is 0 Å². The lowest BCUT2D eigenvalue weighted by Gasteiger charge is -2.15. The fourth-order valence-electron chi connectivity index (χ4n) is 2.80. The standard InChI is InChI=1S/C20H17F3N4O2/c1-12-10-18(25-19(29)14-6-5-7-15(11-14)24-13(2)28)27(26-12)17-9-4-3-8-16(17)20(21,22)23/h3-11H,1-2H3,(H,24,28)(H,25,29). The number of aromatic nitrogens is 2. The zero-order valence-electron chi connectivity index (χ0n) is 15.5. The van der Waals surface area contributed by atoms with Crippen molar-refractivity contribution in [3.8, 4) is 5.69 Å². The molecule has 9 heteroatoms. The Balaban J connectivity index is 1.95. The van der Waals surface area contributed by atoms with Gasteiger partial charge >= 0.3 is 6.18 Å². The van der Waals surface area contributed by atoms with Crippen molar-refractivity contribution in [2.24, 2.45) is 0 Å². The van der Waals surface area contributed by atoms with E-state index in [1.54, 1.807) is 19.1 Å². The fourth-order valence-corrected chi connectivity index (χ4v) is 2.80. The minimum absolute atomic E-state index is 0.0918. The molecule has 3 rings (SSSR count). The maximum Gasteiger partial charge on any atom is 0.418 e. The van der Waals surface area contributed by atoms with E-state index >= 15 is 0 Å². The Morgan fingerprint density at radius 3 is 2.41 bits per heavy atom. The van der Waals surface area contributed by atoms with E-state index in [1.807, 2.05) is 0 Å². The molecular weight excluding hydrogens is 385 g/mol. The van der Waals surface area contributed by atoms with Gasteiger partial charge in [-0.05, 0) is 37.3 Å². The van der Waals surface area contributed by atoms with E-state index in [1.165, 1.54) is 43.3 Å². The molecule has 6 nitrogen and oxygen atoms in total. The third kappa shape index (κ3) is 4.63. The molecule has 0 saturated carbocycles. The van der Waals surface area contributed by atoms with E-state index < -0.39 is 17.6 Å². The molecule has 0 spiro atoms. The van der Waals surface area contributed by atoms with Gasteiger partial charge in [0.15, 0.2) is 0 Å². The Bertz CT molecular complexity index is 1070. The first-order valence-electron chi connectivity index (χ1n) is 8.57. The second kappa shape index (κ2) is 7.78. The average Bonchev–Trinajstić information content (AvgIpc) is 3.00. The minimum Gasteiger partial charge on any atom is -0.326 e. The van der Waals surface area contributed by atoms with Crippen LogP contribution in [0.5, 0.6) is 0 Å². The molecule has 0 radical (unpaired) electrons. The van der Waals surface area contributed by atoms with Gasteiger partial charge in [0.25, 0.3) is 5.91 Å². The van der Waals surface area contributed by atoms with E-state index in [-0.39, 0.29) is 23.0 Å². The second-order valence-electron chi connectivity index (χ2n) is 6.31. The summed E-state index contributed by atoms with van der Waals surface area (Å²) >= 11 is 0. The van der Waals surface area contributed by atoms with Crippen LogP contribution in [0.2, 0.25) is 0 Å². The summed E-state index contributed by atoms with van der Waals surface area (Å²) in [7, 11) is 0. The summed E-state index contributed by atoms with van der Waals surface area (Å²) in [6.07, 6.45) is -4.58. The first kappa shape index (κ1) is 20.1. The van der Waals surface area contributed by atoms with Gasteiger partial charge in [-0.2, -0.15) is 18.3 Å². The van der Waals surface area contributed by atoms with Crippen LogP contribution in [0.4, 0.5) is 24.7 Å². The lowest BCUT2D eigenvalue weighted by molar-refractivity contribution is -0.137. The number of hydrogen-bond acceptors (Lipinski definition) is 3. The Hall–Kier alpha value is -3.62. The molecule has 2 aromatic carbocycles. The van der Waals surface area contributed by atoms with Gasteiger partial charge in [0.1, 0.15) is 5.82 Å². The van der Waals surface area contributed by atoms with Crippen LogP contribution in [-0.4, -0.2) is 21.6 Å². The van der Waals surface area contributed by atoms with Crippen molar-refractivity contribution in [2.45, 2.75) is 20.0 Å². The molecule has 0 unspecified atom stereocenters. The molecule has 3 aromatic rings. The van der Waals surface area contributed by atoms with Crippen LogP contribution < -0.4 is 10.6 Å². The van der Waals surface area contributed by atoms with Crippen molar-refractivity contribution < 1.29 is 22.8 Å². The van der Waals surface area contributed by atoms with Crippen molar-refractivity contribution >= 4 is 23.3 Å². The summed E-state index contributed by atoms with van der Waals surface area (Å²) in [5.41, 5.74) is 0.0222. The van der Waals surface area contributed by atoms with Gasteiger partial charge in [-0.25, -0.2) is 4.68 Å².